The van der Waals surface area contributed by atoms with Crippen molar-refractivity contribution < 1.29 is 27.4 Å². The van der Waals surface area contributed by atoms with Crippen LogP contribution in [0.2, 0.25) is 0 Å². The van der Waals surface area contributed by atoms with Gasteiger partial charge in [-0.2, -0.15) is 0 Å². The van der Waals surface area contributed by atoms with E-state index in [1.165, 1.54) is 39.5 Å². The molecule has 0 aliphatic carbocycles. The van der Waals surface area contributed by atoms with Gasteiger partial charge in [-0.15, -0.1) is 0 Å². The van der Waals surface area contributed by atoms with Gasteiger partial charge in [0.2, 0.25) is 0 Å². The molecule has 134 valence electrons. The van der Waals surface area contributed by atoms with E-state index in [2.05, 4.69) is 4.74 Å². The quantitative estimate of drug-likeness (QED) is 0.699. The molecular weight excluding hydrogens is 346 g/mol. The van der Waals surface area contributed by atoms with Gasteiger partial charge in [-0.3, -0.25) is 9.10 Å². The Balaban J connectivity index is 2.53. The summed E-state index contributed by atoms with van der Waals surface area (Å²) in [7, 11) is 0.0552. The summed E-state index contributed by atoms with van der Waals surface area (Å²) in [5.74, 6) is 0.00300. The Morgan fingerprint density at radius 2 is 1.60 bits per heavy atom. The molecule has 0 heterocycles. The summed E-state index contributed by atoms with van der Waals surface area (Å²) in [6.07, 6.45) is 0. The van der Waals surface area contributed by atoms with Crippen molar-refractivity contribution in [1.29, 1.82) is 0 Å². The normalized spacial score (nSPS) is 10.8. The first-order valence-electron chi connectivity index (χ1n) is 7.30. The lowest BCUT2D eigenvalue weighted by molar-refractivity contribution is -0.138. The molecule has 0 amide bonds. The summed E-state index contributed by atoms with van der Waals surface area (Å²) in [6, 6.07) is 12.6. The van der Waals surface area contributed by atoms with Crippen molar-refractivity contribution in [2.24, 2.45) is 0 Å². The zero-order chi connectivity index (χ0) is 18.4. The Hall–Kier alpha value is -2.74. The number of anilines is 1. The topological polar surface area (TPSA) is 82.1 Å². The van der Waals surface area contributed by atoms with Crippen LogP contribution < -0.4 is 13.8 Å². The number of esters is 1. The number of hydrogen-bond donors (Lipinski definition) is 0. The smallest absolute Gasteiger partial charge is 0.326 e. The van der Waals surface area contributed by atoms with Gasteiger partial charge in [0.1, 0.15) is 6.54 Å². The molecular formula is C17H19NO6S. The van der Waals surface area contributed by atoms with Crippen molar-refractivity contribution in [2.75, 3.05) is 32.2 Å². The van der Waals surface area contributed by atoms with Crippen LogP contribution in [0.3, 0.4) is 0 Å². The van der Waals surface area contributed by atoms with Gasteiger partial charge in [-0.05, 0) is 24.3 Å². The van der Waals surface area contributed by atoms with Crippen LogP contribution >= 0.6 is 0 Å². The van der Waals surface area contributed by atoms with Gasteiger partial charge in [0.05, 0.1) is 31.9 Å². The fourth-order valence-electron chi connectivity index (χ4n) is 2.20. The van der Waals surface area contributed by atoms with Crippen LogP contribution in [0, 0.1) is 0 Å². The Bertz CT molecular complexity index is 835. The molecule has 0 aliphatic heterocycles. The Labute approximate surface area is 146 Å². The minimum atomic E-state index is -4.02. The van der Waals surface area contributed by atoms with Gasteiger partial charge in [0.15, 0.2) is 11.5 Å². The number of carbonyl (C=O) groups excluding carboxylic acids is 1. The van der Waals surface area contributed by atoms with E-state index < -0.39 is 22.5 Å². The molecule has 0 fully saturated rings. The summed E-state index contributed by atoms with van der Waals surface area (Å²) in [4.78, 5) is 11.7. The molecule has 2 aromatic carbocycles. The molecule has 8 heteroatoms. The molecule has 2 rings (SSSR count). The number of hydrogen-bond acceptors (Lipinski definition) is 6. The van der Waals surface area contributed by atoms with E-state index in [0.29, 0.717) is 11.4 Å². The number of carbonyl (C=O) groups is 1. The summed E-state index contributed by atoms with van der Waals surface area (Å²) in [5, 5.41) is 0. The van der Waals surface area contributed by atoms with Crippen LogP contribution in [0.25, 0.3) is 0 Å². The zero-order valence-corrected chi connectivity index (χ0v) is 14.9. The first kappa shape index (κ1) is 18.6. The Morgan fingerprint density at radius 1 is 0.960 bits per heavy atom. The molecule has 0 bridgehead atoms. The van der Waals surface area contributed by atoms with E-state index in [9.17, 15) is 13.2 Å². The lowest BCUT2D eigenvalue weighted by Crippen LogP contribution is -2.36. The monoisotopic (exact) mass is 365 g/mol. The zero-order valence-electron chi connectivity index (χ0n) is 14.1. The molecule has 0 radical (unpaired) electrons. The molecule has 0 saturated heterocycles. The van der Waals surface area contributed by atoms with E-state index in [1.807, 2.05) is 0 Å². The van der Waals surface area contributed by atoms with Crippen molar-refractivity contribution in [1.82, 2.24) is 0 Å². The van der Waals surface area contributed by atoms with Gasteiger partial charge in [-0.25, -0.2) is 8.42 Å². The summed E-state index contributed by atoms with van der Waals surface area (Å²) in [5.41, 5.74) is 0.350. The molecule has 0 spiro atoms. The average molecular weight is 365 g/mol. The van der Waals surface area contributed by atoms with Gasteiger partial charge in [0.25, 0.3) is 10.0 Å². The highest BCUT2D eigenvalue weighted by molar-refractivity contribution is 7.92. The van der Waals surface area contributed by atoms with Crippen LogP contribution in [0.1, 0.15) is 0 Å². The third-order valence-electron chi connectivity index (χ3n) is 3.49. The third kappa shape index (κ3) is 4.03. The minimum Gasteiger partial charge on any atom is -0.493 e. The molecule has 7 nitrogen and oxygen atoms in total. The number of methoxy groups -OCH3 is 3. The standard InChI is InChI=1S/C17H19NO6S/c1-22-15-10-9-14(11-16(15)23-2)25(20,21)18(12-17(19)24-3)13-7-5-4-6-8-13/h4-11H,12H2,1-3H3. The molecule has 0 atom stereocenters. The highest BCUT2D eigenvalue weighted by Gasteiger charge is 2.28. The maximum atomic E-state index is 13.1. The maximum absolute atomic E-state index is 13.1. The number of benzene rings is 2. The SMILES string of the molecule is COC(=O)CN(c1ccccc1)S(=O)(=O)c1ccc(OC)c(OC)c1. The van der Waals surface area contributed by atoms with Crippen LogP contribution in [-0.2, 0) is 19.6 Å². The van der Waals surface area contributed by atoms with E-state index >= 15 is 0 Å². The number of para-hydroxylation sites is 1. The molecule has 0 aromatic heterocycles. The second-order valence-corrected chi connectivity index (χ2v) is 6.80. The van der Waals surface area contributed by atoms with Crippen molar-refractivity contribution >= 4 is 21.7 Å². The average Bonchev–Trinajstić information content (AvgIpc) is 2.65. The molecule has 0 unspecified atom stereocenters. The molecule has 25 heavy (non-hydrogen) atoms. The largest absolute Gasteiger partial charge is 0.493 e. The number of rotatable bonds is 7. The second kappa shape index (κ2) is 7.89. The van der Waals surface area contributed by atoms with E-state index in [1.54, 1.807) is 30.3 Å². The summed E-state index contributed by atoms with van der Waals surface area (Å²) in [6.45, 7) is -0.447. The van der Waals surface area contributed by atoms with Crippen molar-refractivity contribution in [2.45, 2.75) is 4.90 Å². The predicted molar refractivity (Wildman–Crippen MR) is 92.5 cm³/mol. The highest BCUT2D eigenvalue weighted by Crippen LogP contribution is 2.32. The Kier molecular flexibility index (Phi) is 5.87. The first-order valence-corrected chi connectivity index (χ1v) is 8.74. The number of nitrogens with zero attached hydrogens (tertiary/aromatic N) is 1. The summed E-state index contributed by atoms with van der Waals surface area (Å²) >= 11 is 0. The summed E-state index contributed by atoms with van der Waals surface area (Å²) < 4.78 is 42.0. The maximum Gasteiger partial charge on any atom is 0.326 e. The lowest BCUT2D eigenvalue weighted by atomic mass is 10.3. The van der Waals surface area contributed by atoms with Gasteiger partial charge in [0, 0.05) is 6.07 Å². The Morgan fingerprint density at radius 3 is 2.16 bits per heavy atom. The van der Waals surface area contributed by atoms with Gasteiger partial charge < -0.3 is 14.2 Å². The van der Waals surface area contributed by atoms with Crippen LogP contribution in [0.5, 0.6) is 11.5 Å². The van der Waals surface area contributed by atoms with E-state index in [4.69, 9.17) is 9.47 Å². The van der Waals surface area contributed by atoms with Crippen LogP contribution in [-0.4, -0.2) is 42.3 Å². The van der Waals surface area contributed by atoms with Crippen LogP contribution in [0.4, 0.5) is 5.69 Å². The molecule has 2 aromatic rings. The lowest BCUT2D eigenvalue weighted by Gasteiger charge is -2.23. The molecule has 0 saturated carbocycles. The van der Waals surface area contributed by atoms with Crippen molar-refractivity contribution in [3.8, 4) is 11.5 Å². The molecule has 0 N–H and O–H groups in total. The number of sulfonamides is 1. The second-order valence-electron chi connectivity index (χ2n) is 4.94. The van der Waals surface area contributed by atoms with Crippen molar-refractivity contribution in [3.05, 3.63) is 48.5 Å². The molecule has 0 aliphatic rings. The van der Waals surface area contributed by atoms with Gasteiger partial charge in [-0.1, -0.05) is 18.2 Å². The van der Waals surface area contributed by atoms with E-state index in [0.717, 1.165) is 4.31 Å². The first-order chi connectivity index (χ1) is 11.9. The van der Waals surface area contributed by atoms with Crippen molar-refractivity contribution in [3.63, 3.8) is 0 Å². The third-order valence-corrected chi connectivity index (χ3v) is 5.26. The van der Waals surface area contributed by atoms with Gasteiger partial charge >= 0.3 is 5.97 Å². The number of ether oxygens (including phenoxy) is 3. The highest BCUT2D eigenvalue weighted by atomic mass is 32.2. The predicted octanol–water partition coefficient (Wildman–Crippen LogP) is 2.07. The van der Waals surface area contributed by atoms with Crippen LogP contribution in [0.15, 0.2) is 53.4 Å². The fourth-order valence-corrected chi connectivity index (χ4v) is 3.62. The fraction of sp³-hybridized carbons (Fsp3) is 0.235. The minimum absolute atomic E-state index is 0.0297. The van der Waals surface area contributed by atoms with E-state index in [-0.39, 0.29) is 10.6 Å².